The molecule has 0 spiro atoms. The molecule has 0 radical (unpaired) electrons. The molecule has 30 heavy (non-hydrogen) atoms. The molecule has 0 unspecified atom stereocenters. The van der Waals surface area contributed by atoms with Crippen LogP contribution < -0.4 is 5.63 Å². The van der Waals surface area contributed by atoms with Crippen LogP contribution in [0.4, 0.5) is 0 Å². The quantitative estimate of drug-likeness (QED) is 0.375. The first-order chi connectivity index (χ1) is 14.5. The number of carbonyl (C=O) groups excluding carboxylic acids is 1. The SMILES string of the molecule is CCc1cc2c(COC(=O)c3oc4ccccc4c3COC)cc(=O)oc2cc1O. The van der Waals surface area contributed by atoms with Crippen LogP contribution in [0.2, 0.25) is 0 Å². The predicted molar refractivity (Wildman–Crippen MR) is 110 cm³/mol. The molecule has 0 saturated carbocycles. The van der Waals surface area contributed by atoms with Crippen LogP contribution in [0, 0.1) is 0 Å². The number of carbonyl (C=O) groups is 1. The Hall–Kier alpha value is -3.58. The van der Waals surface area contributed by atoms with Crippen LogP contribution in [0.25, 0.3) is 21.9 Å². The summed E-state index contributed by atoms with van der Waals surface area (Å²) in [4.78, 5) is 24.7. The van der Waals surface area contributed by atoms with Crippen molar-refractivity contribution in [1.29, 1.82) is 0 Å². The van der Waals surface area contributed by atoms with Gasteiger partial charge in [-0.3, -0.25) is 0 Å². The second kappa shape index (κ2) is 8.04. The number of phenols is 1. The molecule has 2 aromatic heterocycles. The monoisotopic (exact) mass is 408 g/mol. The molecule has 0 aliphatic carbocycles. The minimum atomic E-state index is -0.658. The fourth-order valence-electron chi connectivity index (χ4n) is 3.47. The van der Waals surface area contributed by atoms with E-state index in [1.807, 2.05) is 25.1 Å². The highest BCUT2D eigenvalue weighted by Crippen LogP contribution is 2.29. The van der Waals surface area contributed by atoms with E-state index in [9.17, 15) is 14.7 Å². The molecular weight excluding hydrogens is 388 g/mol. The number of esters is 1. The van der Waals surface area contributed by atoms with Crippen molar-refractivity contribution in [2.24, 2.45) is 0 Å². The van der Waals surface area contributed by atoms with E-state index in [2.05, 4.69) is 0 Å². The summed E-state index contributed by atoms with van der Waals surface area (Å²) >= 11 is 0. The molecule has 0 amide bonds. The number of furan rings is 1. The van der Waals surface area contributed by atoms with Gasteiger partial charge in [0, 0.05) is 41.1 Å². The molecule has 0 aliphatic heterocycles. The van der Waals surface area contributed by atoms with E-state index < -0.39 is 11.6 Å². The zero-order chi connectivity index (χ0) is 21.3. The summed E-state index contributed by atoms with van der Waals surface area (Å²) in [5.74, 6) is -0.542. The lowest BCUT2D eigenvalue weighted by atomic mass is 10.0. The van der Waals surface area contributed by atoms with E-state index in [0.29, 0.717) is 34.1 Å². The van der Waals surface area contributed by atoms with Crippen molar-refractivity contribution in [1.82, 2.24) is 0 Å². The number of phenolic OH excluding ortho intramolecular Hbond substituents is 1. The van der Waals surface area contributed by atoms with Crippen LogP contribution in [0.1, 0.15) is 34.2 Å². The topological polar surface area (TPSA) is 99.1 Å². The number of para-hydroxylation sites is 1. The van der Waals surface area contributed by atoms with E-state index >= 15 is 0 Å². The normalized spacial score (nSPS) is 11.3. The number of aromatic hydroxyl groups is 1. The highest BCUT2D eigenvalue weighted by molar-refractivity contribution is 5.96. The molecule has 0 fully saturated rings. The van der Waals surface area contributed by atoms with E-state index in [1.54, 1.807) is 12.1 Å². The molecule has 1 N–H and O–H groups in total. The van der Waals surface area contributed by atoms with Gasteiger partial charge < -0.3 is 23.4 Å². The third kappa shape index (κ3) is 3.55. The van der Waals surface area contributed by atoms with Crippen molar-refractivity contribution in [2.75, 3.05) is 7.11 Å². The number of benzene rings is 2. The summed E-state index contributed by atoms with van der Waals surface area (Å²) in [6.07, 6.45) is 0.597. The Morgan fingerprint density at radius 2 is 1.80 bits per heavy atom. The van der Waals surface area contributed by atoms with Crippen molar-refractivity contribution < 1.29 is 28.2 Å². The fourth-order valence-corrected chi connectivity index (χ4v) is 3.47. The Bertz CT molecular complexity index is 1300. The number of methoxy groups -OCH3 is 1. The number of aryl methyl sites for hydroxylation is 1. The summed E-state index contributed by atoms with van der Waals surface area (Å²) in [7, 11) is 1.53. The zero-order valence-electron chi connectivity index (χ0n) is 16.6. The summed E-state index contributed by atoms with van der Waals surface area (Å²) in [6.45, 7) is 1.94. The third-order valence-corrected chi connectivity index (χ3v) is 4.94. The molecule has 0 bridgehead atoms. The number of fused-ring (bicyclic) bond motifs is 2. The molecule has 4 aromatic rings. The van der Waals surface area contributed by atoms with Crippen molar-refractivity contribution in [2.45, 2.75) is 26.6 Å². The van der Waals surface area contributed by atoms with E-state index in [4.69, 9.17) is 18.3 Å². The van der Waals surface area contributed by atoms with Crippen molar-refractivity contribution in [3.8, 4) is 5.75 Å². The fraction of sp³-hybridized carbons (Fsp3) is 0.217. The number of hydrogen-bond acceptors (Lipinski definition) is 7. The minimum absolute atomic E-state index is 0.0498. The molecular formula is C23H20O7. The first-order valence-electron chi connectivity index (χ1n) is 9.47. The molecule has 0 saturated heterocycles. The van der Waals surface area contributed by atoms with Gasteiger partial charge in [0.15, 0.2) is 0 Å². The average molecular weight is 408 g/mol. The lowest BCUT2D eigenvalue weighted by Crippen LogP contribution is -2.09. The van der Waals surface area contributed by atoms with Gasteiger partial charge in [-0.25, -0.2) is 9.59 Å². The molecule has 7 nitrogen and oxygen atoms in total. The van der Waals surface area contributed by atoms with E-state index in [1.165, 1.54) is 19.2 Å². The molecule has 154 valence electrons. The van der Waals surface area contributed by atoms with Gasteiger partial charge in [-0.05, 0) is 24.1 Å². The van der Waals surface area contributed by atoms with Crippen molar-refractivity contribution >= 4 is 27.9 Å². The average Bonchev–Trinajstić information content (AvgIpc) is 3.10. The number of rotatable bonds is 6. The van der Waals surface area contributed by atoms with E-state index in [0.717, 1.165) is 5.39 Å². The maximum absolute atomic E-state index is 12.8. The lowest BCUT2D eigenvalue weighted by molar-refractivity contribution is 0.0433. The maximum atomic E-state index is 12.8. The van der Waals surface area contributed by atoms with Gasteiger partial charge in [0.2, 0.25) is 5.76 Å². The van der Waals surface area contributed by atoms with Crippen LogP contribution in [0.5, 0.6) is 5.75 Å². The van der Waals surface area contributed by atoms with Gasteiger partial charge in [0.05, 0.1) is 6.61 Å². The Morgan fingerprint density at radius 3 is 2.57 bits per heavy atom. The van der Waals surface area contributed by atoms with Gasteiger partial charge in [0.25, 0.3) is 0 Å². The van der Waals surface area contributed by atoms with Gasteiger partial charge in [-0.15, -0.1) is 0 Å². The Balaban J connectivity index is 1.68. The molecule has 0 atom stereocenters. The standard InChI is InChI=1S/C23H20O7/c1-3-13-8-16-14(9-21(25)29-20(16)10-18(13)24)11-28-23(26)22-17(12-27-2)15-6-4-5-7-19(15)30-22/h4-10,24H,3,11-12H2,1-2H3. The molecule has 7 heteroatoms. The van der Waals surface area contributed by atoms with Gasteiger partial charge in [0.1, 0.15) is 23.5 Å². The highest BCUT2D eigenvalue weighted by Gasteiger charge is 2.22. The van der Waals surface area contributed by atoms with Crippen molar-refractivity contribution in [3.05, 3.63) is 75.3 Å². The van der Waals surface area contributed by atoms with Crippen LogP contribution in [-0.2, 0) is 29.1 Å². The number of hydrogen-bond donors (Lipinski definition) is 1. The second-order valence-electron chi connectivity index (χ2n) is 6.84. The molecule has 4 rings (SSSR count). The maximum Gasteiger partial charge on any atom is 0.374 e. The van der Waals surface area contributed by atoms with Crippen LogP contribution in [0.3, 0.4) is 0 Å². The van der Waals surface area contributed by atoms with Crippen LogP contribution >= 0.6 is 0 Å². The van der Waals surface area contributed by atoms with Crippen molar-refractivity contribution in [3.63, 3.8) is 0 Å². The van der Waals surface area contributed by atoms with E-state index in [-0.39, 0.29) is 30.3 Å². The summed E-state index contributed by atoms with van der Waals surface area (Å²) in [5.41, 5.74) is 1.98. The second-order valence-corrected chi connectivity index (χ2v) is 6.84. The highest BCUT2D eigenvalue weighted by atomic mass is 16.5. The van der Waals surface area contributed by atoms with Crippen LogP contribution in [-0.4, -0.2) is 18.2 Å². The summed E-state index contributed by atoms with van der Waals surface area (Å²) < 4.78 is 21.6. The minimum Gasteiger partial charge on any atom is -0.508 e. The number of ether oxygens (including phenoxy) is 2. The zero-order valence-corrected chi connectivity index (χ0v) is 16.6. The molecule has 2 aromatic carbocycles. The van der Waals surface area contributed by atoms with Gasteiger partial charge in [-0.2, -0.15) is 0 Å². The van der Waals surface area contributed by atoms with Gasteiger partial charge >= 0.3 is 11.6 Å². The Morgan fingerprint density at radius 1 is 1.00 bits per heavy atom. The Labute approximate surface area is 171 Å². The van der Waals surface area contributed by atoms with Crippen LogP contribution in [0.15, 0.2) is 56.1 Å². The molecule has 0 aliphatic rings. The van der Waals surface area contributed by atoms with Gasteiger partial charge in [-0.1, -0.05) is 25.1 Å². The lowest BCUT2D eigenvalue weighted by Gasteiger charge is -2.09. The first kappa shape index (κ1) is 19.7. The Kier molecular flexibility index (Phi) is 5.29. The summed E-state index contributed by atoms with van der Waals surface area (Å²) in [5, 5.41) is 11.4. The largest absolute Gasteiger partial charge is 0.508 e. The smallest absolute Gasteiger partial charge is 0.374 e. The molecule has 2 heterocycles. The summed E-state index contributed by atoms with van der Waals surface area (Å²) in [6, 6.07) is 11.7. The first-order valence-corrected chi connectivity index (χ1v) is 9.47. The predicted octanol–water partition coefficient (Wildman–Crippen LogP) is 4.31. The third-order valence-electron chi connectivity index (χ3n) is 4.94.